The molecule has 0 aliphatic rings. The zero-order valence-electron chi connectivity index (χ0n) is 26.1. The number of fused-ring (bicyclic) bond motifs is 10. The second-order valence-corrected chi connectivity index (χ2v) is 13.6. The molecule has 1 nitrogen and oxygen atoms in total. The number of anilines is 3. The number of hydrogen-bond donors (Lipinski definition) is 0. The van der Waals surface area contributed by atoms with Crippen molar-refractivity contribution in [2.75, 3.05) is 4.90 Å². The molecule has 0 amide bonds. The lowest BCUT2D eigenvalue weighted by atomic mass is 9.92. The van der Waals surface area contributed by atoms with E-state index in [9.17, 15) is 0 Å². The van der Waals surface area contributed by atoms with Crippen molar-refractivity contribution in [2.24, 2.45) is 0 Å². The number of nitrogens with zero attached hydrogens (tertiary/aromatic N) is 1. The molecule has 48 heavy (non-hydrogen) atoms. The average Bonchev–Trinajstić information content (AvgIpc) is 3.54. The van der Waals surface area contributed by atoms with Crippen molar-refractivity contribution >= 4 is 91.7 Å². The molecule has 0 unspecified atom stereocenters. The van der Waals surface area contributed by atoms with Crippen molar-refractivity contribution in [1.82, 2.24) is 0 Å². The summed E-state index contributed by atoms with van der Waals surface area (Å²) in [7, 11) is 0. The van der Waals surface area contributed by atoms with E-state index in [0.717, 1.165) is 17.1 Å². The predicted octanol–water partition coefficient (Wildman–Crippen LogP) is 13.8. The summed E-state index contributed by atoms with van der Waals surface area (Å²) < 4.78 is 2.67. The van der Waals surface area contributed by atoms with Crippen LogP contribution in [0.3, 0.4) is 0 Å². The summed E-state index contributed by atoms with van der Waals surface area (Å²) >= 11 is 1.87. The first-order valence-corrected chi connectivity index (χ1v) is 17.2. The van der Waals surface area contributed by atoms with Crippen LogP contribution in [-0.2, 0) is 0 Å². The lowest BCUT2D eigenvalue weighted by Crippen LogP contribution is -2.09. The highest BCUT2D eigenvalue weighted by molar-refractivity contribution is 7.26. The van der Waals surface area contributed by atoms with Gasteiger partial charge in [0.25, 0.3) is 0 Å². The summed E-state index contributed by atoms with van der Waals surface area (Å²) in [6.07, 6.45) is 0. The van der Waals surface area contributed by atoms with Gasteiger partial charge in [-0.3, -0.25) is 0 Å². The van der Waals surface area contributed by atoms with Crippen LogP contribution in [0, 0.1) is 0 Å². The molecule has 0 spiro atoms. The highest BCUT2D eigenvalue weighted by atomic mass is 32.1. The standard InChI is InChI=1S/C46H29NS/c1-2-10-33(11-3-1)47(35-23-25-38-32(29-35)20-28-45-46(38)43-13-6-7-16-44(43)48-45)34-21-17-31(18-22-34)37-14-8-15-39-40(37)26-27-41-36-12-5-4-9-30(36)19-24-42(39)41/h1-29H. The summed E-state index contributed by atoms with van der Waals surface area (Å²) in [4.78, 5) is 2.36. The van der Waals surface area contributed by atoms with Gasteiger partial charge in [-0.25, -0.2) is 0 Å². The summed E-state index contributed by atoms with van der Waals surface area (Å²) in [5.41, 5.74) is 5.86. The van der Waals surface area contributed by atoms with Crippen LogP contribution in [0.2, 0.25) is 0 Å². The molecule has 10 rings (SSSR count). The molecule has 0 aliphatic carbocycles. The van der Waals surface area contributed by atoms with Gasteiger partial charge in [0.05, 0.1) is 0 Å². The second-order valence-electron chi connectivity index (χ2n) is 12.5. The Kier molecular flexibility index (Phi) is 6.12. The van der Waals surface area contributed by atoms with E-state index in [4.69, 9.17) is 0 Å². The molecule has 10 aromatic rings. The molecule has 0 radical (unpaired) electrons. The maximum absolute atomic E-state index is 2.36. The Labute approximate surface area is 282 Å². The first-order valence-electron chi connectivity index (χ1n) is 16.4. The third-order valence-electron chi connectivity index (χ3n) is 9.83. The van der Waals surface area contributed by atoms with Gasteiger partial charge in [0, 0.05) is 37.2 Å². The number of benzene rings is 9. The van der Waals surface area contributed by atoms with Crippen LogP contribution in [0.1, 0.15) is 0 Å². The van der Waals surface area contributed by atoms with E-state index in [1.807, 2.05) is 11.3 Å². The first-order chi connectivity index (χ1) is 23.8. The Morgan fingerprint density at radius 2 is 0.958 bits per heavy atom. The van der Waals surface area contributed by atoms with Crippen LogP contribution in [0.25, 0.3) is 74.4 Å². The number of para-hydroxylation sites is 1. The fourth-order valence-corrected chi connectivity index (χ4v) is 8.72. The van der Waals surface area contributed by atoms with Crippen LogP contribution < -0.4 is 4.90 Å². The van der Waals surface area contributed by atoms with Gasteiger partial charge in [-0.15, -0.1) is 11.3 Å². The summed E-state index contributed by atoms with van der Waals surface area (Å²) in [5.74, 6) is 0. The van der Waals surface area contributed by atoms with Crippen molar-refractivity contribution in [2.45, 2.75) is 0 Å². The normalized spacial score (nSPS) is 11.8. The van der Waals surface area contributed by atoms with Crippen molar-refractivity contribution < 1.29 is 0 Å². The van der Waals surface area contributed by atoms with Gasteiger partial charge in [0.2, 0.25) is 0 Å². The molecule has 0 N–H and O–H groups in total. The van der Waals surface area contributed by atoms with Crippen LogP contribution in [0.5, 0.6) is 0 Å². The third-order valence-corrected chi connectivity index (χ3v) is 11.0. The summed E-state index contributed by atoms with van der Waals surface area (Å²) in [6.45, 7) is 0. The van der Waals surface area contributed by atoms with Crippen molar-refractivity contribution in [1.29, 1.82) is 0 Å². The zero-order valence-corrected chi connectivity index (χ0v) is 26.9. The van der Waals surface area contributed by atoms with Crippen LogP contribution in [0.4, 0.5) is 17.1 Å². The van der Waals surface area contributed by atoms with Gasteiger partial charge < -0.3 is 4.90 Å². The average molecular weight is 628 g/mol. The molecule has 0 atom stereocenters. The molecule has 1 heterocycles. The smallest absolute Gasteiger partial charge is 0.0468 e. The molecule has 0 bridgehead atoms. The molecule has 2 heteroatoms. The molecule has 0 fully saturated rings. The zero-order chi connectivity index (χ0) is 31.6. The fraction of sp³-hybridized carbons (Fsp3) is 0. The topological polar surface area (TPSA) is 3.24 Å². The maximum Gasteiger partial charge on any atom is 0.0468 e. The molecule has 224 valence electrons. The largest absolute Gasteiger partial charge is 0.310 e. The van der Waals surface area contributed by atoms with Gasteiger partial charge in [0.15, 0.2) is 0 Å². The molecule has 0 saturated carbocycles. The van der Waals surface area contributed by atoms with Crippen molar-refractivity contribution in [3.8, 4) is 11.1 Å². The highest BCUT2D eigenvalue weighted by Crippen LogP contribution is 2.42. The van der Waals surface area contributed by atoms with Gasteiger partial charge in [-0.2, -0.15) is 0 Å². The van der Waals surface area contributed by atoms with Crippen LogP contribution >= 0.6 is 11.3 Å². The fourth-order valence-electron chi connectivity index (χ4n) is 7.60. The number of hydrogen-bond acceptors (Lipinski definition) is 2. The Hall–Kier alpha value is -5.96. The van der Waals surface area contributed by atoms with Crippen molar-refractivity contribution in [3.63, 3.8) is 0 Å². The molecule has 0 saturated heterocycles. The first kappa shape index (κ1) is 27.2. The second kappa shape index (κ2) is 10.8. The van der Waals surface area contributed by atoms with Crippen molar-refractivity contribution in [3.05, 3.63) is 176 Å². The Morgan fingerprint density at radius 1 is 0.333 bits per heavy atom. The van der Waals surface area contributed by atoms with E-state index in [0.29, 0.717) is 0 Å². The highest BCUT2D eigenvalue weighted by Gasteiger charge is 2.16. The van der Waals surface area contributed by atoms with E-state index in [1.165, 1.54) is 74.4 Å². The molecule has 1 aromatic heterocycles. The van der Waals surface area contributed by atoms with E-state index in [1.54, 1.807) is 0 Å². The molecule has 9 aromatic carbocycles. The SMILES string of the molecule is c1ccc(N(c2ccc(-c3cccc4c3ccc3c5ccccc5ccc43)cc2)c2ccc3c(ccc4sc5ccccc5c43)c2)cc1. The summed E-state index contributed by atoms with van der Waals surface area (Å²) in [6, 6.07) is 64.4. The quantitative estimate of drug-likeness (QED) is 0.176. The van der Waals surface area contributed by atoms with Gasteiger partial charge in [-0.1, -0.05) is 127 Å². The lowest BCUT2D eigenvalue weighted by Gasteiger charge is -2.26. The van der Waals surface area contributed by atoms with E-state index < -0.39 is 0 Å². The number of thiophene rings is 1. The van der Waals surface area contributed by atoms with Crippen LogP contribution in [-0.4, -0.2) is 0 Å². The minimum absolute atomic E-state index is 1.13. The third kappa shape index (κ3) is 4.24. The Bertz CT molecular complexity index is 2830. The predicted molar refractivity (Wildman–Crippen MR) is 209 cm³/mol. The maximum atomic E-state index is 2.36. The van der Waals surface area contributed by atoms with E-state index >= 15 is 0 Å². The van der Waals surface area contributed by atoms with Gasteiger partial charge >= 0.3 is 0 Å². The Balaban J connectivity index is 1.09. The molecular weight excluding hydrogens is 599 g/mol. The Morgan fingerprint density at radius 3 is 1.85 bits per heavy atom. The van der Waals surface area contributed by atoms with E-state index in [-0.39, 0.29) is 0 Å². The summed E-state index contributed by atoms with van der Waals surface area (Å²) in [5, 5.41) is 13.0. The van der Waals surface area contributed by atoms with Gasteiger partial charge in [-0.05, 0) is 103 Å². The lowest BCUT2D eigenvalue weighted by molar-refractivity contribution is 1.29. The minimum atomic E-state index is 1.13. The number of rotatable bonds is 4. The minimum Gasteiger partial charge on any atom is -0.310 e. The van der Waals surface area contributed by atoms with Gasteiger partial charge in [0.1, 0.15) is 0 Å². The molecule has 0 aliphatic heterocycles. The van der Waals surface area contributed by atoms with E-state index in [2.05, 4.69) is 181 Å². The van der Waals surface area contributed by atoms with Crippen LogP contribution in [0.15, 0.2) is 176 Å². The monoisotopic (exact) mass is 627 g/mol. The molecular formula is C46H29NS.